The van der Waals surface area contributed by atoms with Gasteiger partial charge in [0.15, 0.2) is 5.78 Å². The zero-order chi connectivity index (χ0) is 22.7. The highest BCUT2D eigenvalue weighted by molar-refractivity contribution is 6.03. The molecule has 0 spiro atoms. The molecule has 2 aromatic carbocycles. The first-order chi connectivity index (χ1) is 14.7. The summed E-state index contributed by atoms with van der Waals surface area (Å²) in [7, 11) is 1.47. The zero-order valence-electron chi connectivity index (χ0n) is 18.6. The summed E-state index contributed by atoms with van der Waals surface area (Å²) in [5.74, 6) is 0.851. The van der Waals surface area contributed by atoms with E-state index in [0.29, 0.717) is 29.0 Å². The summed E-state index contributed by atoms with van der Waals surface area (Å²) in [6.45, 7) is 10.2. The number of fused-ring (bicyclic) bond motifs is 1. The molecule has 1 aliphatic rings. The van der Waals surface area contributed by atoms with Gasteiger partial charge in [0, 0.05) is 11.6 Å². The van der Waals surface area contributed by atoms with E-state index in [1.807, 2.05) is 20.8 Å². The zero-order valence-corrected chi connectivity index (χ0v) is 18.6. The topological polar surface area (TPSA) is 76.0 Å². The maximum atomic E-state index is 13.1. The Bertz CT molecular complexity index is 1010. The third-order valence-corrected chi connectivity index (χ3v) is 5.68. The minimum Gasteiger partial charge on any atom is -0.508 e. The molecule has 0 amide bonds. The molecule has 2 atom stereocenters. The monoisotopic (exact) mass is 422 g/mol. The number of Topliss-reactive ketones (excluding diaryl/α,β-unsaturated/α-hetero) is 1. The molecule has 0 radical (unpaired) electrons. The third kappa shape index (κ3) is 4.93. The molecule has 3 rings (SSSR count). The standard InChI is InChI=1S/C26H30O5/c1-15(2)6-7-18(16(3)4)12-20-21(28)13-24(30-5)25-22(29)14-23(31-26(20)25)17-8-10-19(27)11-9-17/h6,8-11,13,18,23,27-28H,3,7,12,14H2,1-2,4-5H3/t18?,23-/m0/s1. The average Bonchev–Trinajstić information content (AvgIpc) is 2.71. The first kappa shape index (κ1) is 22.5. The van der Waals surface area contributed by atoms with Crippen LogP contribution in [0.1, 0.15) is 61.2 Å². The Hall–Kier alpha value is -3.21. The fourth-order valence-electron chi connectivity index (χ4n) is 3.83. The van der Waals surface area contributed by atoms with E-state index in [1.54, 1.807) is 24.3 Å². The van der Waals surface area contributed by atoms with Gasteiger partial charge in [-0.3, -0.25) is 4.79 Å². The lowest BCUT2D eigenvalue weighted by atomic mass is 9.86. The Balaban J connectivity index is 2.06. The quantitative estimate of drug-likeness (QED) is 0.543. The number of hydrogen-bond acceptors (Lipinski definition) is 5. The summed E-state index contributed by atoms with van der Waals surface area (Å²) < 4.78 is 11.7. The number of carbonyl (C=O) groups is 1. The lowest BCUT2D eigenvalue weighted by Gasteiger charge is -2.30. The molecule has 0 bridgehead atoms. The molecule has 0 saturated heterocycles. The van der Waals surface area contributed by atoms with E-state index in [4.69, 9.17) is 9.47 Å². The van der Waals surface area contributed by atoms with Crippen molar-refractivity contribution in [1.82, 2.24) is 0 Å². The highest BCUT2D eigenvalue weighted by atomic mass is 16.5. The molecule has 0 fully saturated rings. The number of carbonyl (C=O) groups excluding carboxylic acids is 1. The SMILES string of the molecule is C=C(C)C(CC=C(C)C)Cc1c(O)cc(OC)c2c1O[C@H](c1ccc(O)cc1)CC2=O. The number of ketones is 1. The number of methoxy groups -OCH3 is 1. The van der Waals surface area contributed by atoms with Crippen LogP contribution in [-0.4, -0.2) is 23.1 Å². The molecule has 164 valence electrons. The number of phenols is 2. The Morgan fingerprint density at radius 3 is 2.52 bits per heavy atom. The highest BCUT2D eigenvalue weighted by Gasteiger charge is 2.34. The van der Waals surface area contributed by atoms with Gasteiger partial charge in [-0.1, -0.05) is 35.9 Å². The first-order valence-electron chi connectivity index (χ1n) is 10.4. The maximum absolute atomic E-state index is 13.1. The minimum atomic E-state index is -0.507. The second kappa shape index (κ2) is 9.29. The summed E-state index contributed by atoms with van der Waals surface area (Å²) >= 11 is 0. The number of benzene rings is 2. The number of allylic oxidation sites excluding steroid dienone is 3. The van der Waals surface area contributed by atoms with Crippen molar-refractivity contribution in [3.8, 4) is 23.0 Å². The largest absolute Gasteiger partial charge is 0.508 e. The summed E-state index contributed by atoms with van der Waals surface area (Å²) in [4.78, 5) is 13.1. The number of rotatable bonds is 7. The van der Waals surface area contributed by atoms with Crippen molar-refractivity contribution in [2.75, 3.05) is 7.11 Å². The number of ether oxygens (including phenoxy) is 2. The van der Waals surface area contributed by atoms with Gasteiger partial charge in [0.25, 0.3) is 0 Å². The van der Waals surface area contributed by atoms with Crippen LogP contribution in [0, 0.1) is 5.92 Å². The van der Waals surface area contributed by atoms with E-state index in [0.717, 1.165) is 17.6 Å². The molecule has 1 unspecified atom stereocenters. The fraction of sp³-hybridized carbons (Fsp3) is 0.346. The predicted octanol–water partition coefficient (Wildman–Crippen LogP) is 5.90. The van der Waals surface area contributed by atoms with Crippen LogP contribution in [0.5, 0.6) is 23.0 Å². The summed E-state index contributed by atoms with van der Waals surface area (Å²) in [6.07, 6.45) is 3.07. The fourth-order valence-corrected chi connectivity index (χ4v) is 3.83. The van der Waals surface area contributed by atoms with Gasteiger partial charge < -0.3 is 19.7 Å². The minimum absolute atomic E-state index is 0.0400. The van der Waals surface area contributed by atoms with Crippen LogP contribution in [0.3, 0.4) is 0 Å². The smallest absolute Gasteiger partial charge is 0.174 e. The number of hydrogen-bond donors (Lipinski definition) is 2. The molecule has 1 aliphatic heterocycles. The Kier molecular flexibility index (Phi) is 6.74. The van der Waals surface area contributed by atoms with Gasteiger partial charge >= 0.3 is 0 Å². The summed E-state index contributed by atoms with van der Waals surface area (Å²) in [6, 6.07) is 8.11. The van der Waals surface area contributed by atoms with Crippen LogP contribution >= 0.6 is 0 Å². The average molecular weight is 423 g/mol. The normalized spacial score (nSPS) is 16.1. The maximum Gasteiger partial charge on any atom is 0.174 e. The molecular formula is C26H30O5. The van der Waals surface area contributed by atoms with E-state index < -0.39 is 6.10 Å². The summed E-state index contributed by atoms with van der Waals surface area (Å²) in [5, 5.41) is 20.4. The lowest BCUT2D eigenvalue weighted by Crippen LogP contribution is -2.23. The molecule has 0 aliphatic carbocycles. The molecule has 1 heterocycles. The second-order valence-electron chi connectivity index (χ2n) is 8.37. The molecule has 5 nitrogen and oxygen atoms in total. The molecule has 2 N–H and O–H groups in total. The second-order valence-corrected chi connectivity index (χ2v) is 8.37. The lowest BCUT2D eigenvalue weighted by molar-refractivity contribution is 0.0841. The van der Waals surface area contributed by atoms with Gasteiger partial charge in [-0.25, -0.2) is 0 Å². The van der Waals surface area contributed by atoms with Crippen molar-refractivity contribution < 1.29 is 24.5 Å². The Morgan fingerprint density at radius 2 is 1.94 bits per heavy atom. The van der Waals surface area contributed by atoms with Crippen LogP contribution in [-0.2, 0) is 6.42 Å². The van der Waals surface area contributed by atoms with Gasteiger partial charge in [0.1, 0.15) is 34.7 Å². The van der Waals surface area contributed by atoms with Crippen molar-refractivity contribution in [3.63, 3.8) is 0 Å². The third-order valence-electron chi connectivity index (χ3n) is 5.68. The molecule has 31 heavy (non-hydrogen) atoms. The Morgan fingerprint density at radius 1 is 1.26 bits per heavy atom. The molecule has 0 aromatic heterocycles. The van der Waals surface area contributed by atoms with E-state index in [2.05, 4.69) is 12.7 Å². The first-order valence-corrected chi connectivity index (χ1v) is 10.4. The molecule has 0 saturated carbocycles. The van der Waals surface area contributed by atoms with Gasteiger partial charge in [0.2, 0.25) is 0 Å². The van der Waals surface area contributed by atoms with Crippen LogP contribution in [0.15, 0.2) is 54.1 Å². The molecule has 5 heteroatoms. The van der Waals surface area contributed by atoms with Crippen molar-refractivity contribution in [2.24, 2.45) is 5.92 Å². The van der Waals surface area contributed by atoms with Crippen molar-refractivity contribution in [1.29, 1.82) is 0 Å². The number of aromatic hydroxyl groups is 2. The van der Waals surface area contributed by atoms with Crippen LogP contribution in [0.2, 0.25) is 0 Å². The van der Waals surface area contributed by atoms with Crippen molar-refractivity contribution >= 4 is 5.78 Å². The van der Waals surface area contributed by atoms with Crippen molar-refractivity contribution in [3.05, 3.63) is 70.8 Å². The Labute approximate surface area is 183 Å². The molecule has 2 aromatic rings. The van der Waals surface area contributed by atoms with Crippen LogP contribution in [0.25, 0.3) is 0 Å². The van der Waals surface area contributed by atoms with Gasteiger partial charge in [0.05, 0.1) is 13.5 Å². The van der Waals surface area contributed by atoms with E-state index in [-0.39, 0.29) is 29.6 Å². The van der Waals surface area contributed by atoms with E-state index in [9.17, 15) is 15.0 Å². The van der Waals surface area contributed by atoms with Crippen LogP contribution < -0.4 is 9.47 Å². The van der Waals surface area contributed by atoms with Crippen LogP contribution in [0.4, 0.5) is 0 Å². The van der Waals surface area contributed by atoms with Gasteiger partial charge in [-0.05, 0) is 57.2 Å². The van der Waals surface area contributed by atoms with Gasteiger partial charge in [-0.15, -0.1) is 0 Å². The van der Waals surface area contributed by atoms with E-state index >= 15 is 0 Å². The number of phenolic OH excluding ortho intramolecular Hbond substituents is 2. The molecular weight excluding hydrogens is 392 g/mol. The van der Waals surface area contributed by atoms with E-state index in [1.165, 1.54) is 18.7 Å². The van der Waals surface area contributed by atoms with Gasteiger partial charge in [-0.2, -0.15) is 0 Å². The summed E-state index contributed by atoms with van der Waals surface area (Å²) in [5.41, 5.74) is 3.95. The highest BCUT2D eigenvalue weighted by Crippen LogP contribution is 2.47. The van der Waals surface area contributed by atoms with Crippen molar-refractivity contribution in [2.45, 2.75) is 46.1 Å². The predicted molar refractivity (Wildman–Crippen MR) is 121 cm³/mol.